The third kappa shape index (κ3) is 3.85. The number of amides is 2. The van der Waals surface area contributed by atoms with E-state index in [1.54, 1.807) is 23.1 Å². The molecule has 8 heteroatoms. The maximum atomic E-state index is 13.5. The summed E-state index contributed by atoms with van der Waals surface area (Å²) in [6.07, 6.45) is 1.76. The van der Waals surface area contributed by atoms with E-state index in [1.165, 1.54) is 12.1 Å². The fraction of sp³-hybridized carbons (Fsp3) is 0.375. The second-order valence-electron chi connectivity index (χ2n) is 8.63. The predicted octanol–water partition coefficient (Wildman–Crippen LogP) is 3.52. The van der Waals surface area contributed by atoms with E-state index in [0.29, 0.717) is 54.9 Å². The van der Waals surface area contributed by atoms with E-state index < -0.39 is 11.6 Å². The summed E-state index contributed by atoms with van der Waals surface area (Å²) in [4.78, 5) is 39.1. The molecule has 2 unspecified atom stereocenters. The number of Topliss-reactive ketones (excluding diaryl/α,β-unsaturated/α-hetero) is 1. The second-order valence-corrected chi connectivity index (χ2v) is 8.63. The largest absolute Gasteiger partial charge is 0.482 e. The van der Waals surface area contributed by atoms with Gasteiger partial charge in [0.1, 0.15) is 5.75 Å². The lowest BCUT2D eigenvalue weighted by Crippen LogP contribution is -2.41. The lowest BCUT2D eigenvalue weighted by atomic mass is 9.88. The van der Waals surface area contributed by atoms with Gasteiger partial charge in [-0.1, -0.05) is 6.07 Å². The molecule has 6 nitrogen and oxygen atoms in total. The first-order valence-corrected chi connectivity index (χ1v) is 10.8. The number of anilines is 1. The molecule has 2 amide bonds. The first-order valence-electron chi connectivity index (χ1n) is 10.8. The molecule has 1 saturated heterocycles. The molecule has 1 N–H and O–H groups in total. The number of fused-ring (bicyclic) bond motifs is 1. The van der Waals surface area contributed by atoms with Gasteiger partial charge in [0.25, 0.3) is 5.91 Å². The van der Waals surface area contributed by atoms with Crippen LogP contribution < -0.4 is 10.1 Å². The molecule has 0 spiro atoms. The van der Waals surface area contributed by atoms with E-state index in [9.17, 15) is 23.2 Å². The van der Waals surface area contributed by atoms with Crippen LogP contribution in [0, 0.1) is 23.5 Å². The van der Waals surface area contributed by atoms with Crippen LogP contribution in [0.2, 0.25) is 0 Å². The van der Waals surface area contributed by atoms with Gasteiger partial charge < -0.3 is 15.0 Å². The zero-order valence-corrected chi connectivity index (χ0v) is 17.3. The minimum absolute atomic E-state index is 0.00851. The molecule has 2 heterocycles. The SMILES string of the molecule is O=C1COc2ccc(C(=O)C3CCN(C(=O)C4CC4c4ccc(F)c(F)c4)CC3)cc2N1. The lowest BCUT2D eigenvalue weighted by Gasteiger charge is -2.31. The fourth-order valence-corrected chi connectivity index (χ4v) is 4.65. The van der Waals surface area contributed by atoms with Crippen molar-refractivity contribution >= 4 is 23.3 Å². The monoisotopic (exact) mass is 440 g/mol. The Balaban J connectivity index is 1.18. The summed E-state index contributed by atoms with van der Waals surface area (Å²) >= 11 is 0. The van der Waals surface area contributed by atoms with Gasteiger partial charge in [0.2, 0.25) is 5.91 Å². The van der Waals surface area contributed by atoms with Crippen LogP contribution in [-0.2, 0) is 9.59 Å². The number of carbonyl (C=O) groups excluding carboxylic acids is 3. The number of hydrogen-bond acceptors (Lipinski definition) is 4. The predicted molar refractivity (Wildman–Crippen MR) is 111 cm³/mol. The number of hydrogen-bond donors (Lipinski definition) is 1. The van der Waals surface area contributed by atoms with Crippen molar-refractivity contribution in [1.82, 2.24) is 4.90 Å². The van der Waals surface area contributed by atoms with Gasteiger partial charge in [0.15, 0.2) is 24.0 Å². The number of carbonyl (C=O) groups is 3. The number of piperidine rings is 1. The number of nitrogens with zero attached hydrogens (tertiary/aromatic N) is 1. The summed E-state index contributed by atoms with van der Waals surface area (Å²) < 4.78 is 32.0. The Labute approximate surface area is 183 Å². The molecule has 166 valence electrons. The van der Waals surface area contributed by atoms with Gasteiger partial charge in [-0.3, -0.25) is 14.4 Å². The Bertz CT molecular complexity index is 1110. The molecule has 1 aliphatic carbocycles. The molecule has 32 heavy (non-hydrogen) atoms. The van der Waals surface area contributed by atoms with Crippen LogP contribution >= 0.6 is 0 Å². The zero-order valence-electron chi connectivity index (χ0n) is 17.3. The fourth-order valence-electron chi connectivity index (χ4n) is 4.65. The van der Waals surface area contributed by atoms with Gasteiger partial charge in [0.05, 0.1) is 5.69 Å². The number of halogens is 2. The van der Waals surface area contributed by atoms with Gasteiger partial charge in [-0.15, -0.1) is 0 Å². The molecule has 2 aliphatic heterocycles. The number of ketones is 1. The Morgan fingerprint density at radius 1 is 1.03 bits per heavy atom. The summed E-state index contributed by atoms with van der Waals surface area (Å²) in [6, 6.07) is 8.83. The zero-order chi connectivity index (χ0) is 22.4. The van der Waals surface area contributed by atoms with Gasteiger partial charge in [-0.2, -0.15) is 0 Å². The topological polar surface area (TPSA) is 75.7 Å². The Kier molecular flexibility index (Phi) is 5.15. The lowest BCUT2D eigenvalue weighted by molar-refractivity contribution is -0.133. The molecule has 3 aliphatic rings. The Morgan fingerprint density at radius 3 is 2.56 bits per heavy atom. The smallest absolute Gasteiger partial charge is 0.262 e. The van der Waals surface area contributed by atoms with E-state index in [4.69, 9.17) is 4.74 Å². The maximum absolute atomic E-state index is 13.5. The van der Waals surface area contributed by atoms with Crippen molar-refractivity contribution in [3.63, 3.8) is 0 Å². The number of rotatable bonds is 4. The molecule has 2 atom stereocenters. The van der Waals surface area contributed by atoms with Crippen LogP contribution in [0.4, 0.5) is 14.5 Å². The minimum atomic E-state index is -0.895. The van der Waals surface area contributed by atoms with Crippen LogP contribution in [0.25, 0.3) is 0 Å². The standard InChI is InChI=1S/C24H22F2N2O4/c25-18-3-1-14(9-19(18)26)16-11-17(16)24(31)28-7-5-13(6-8-28)23(30)15-2-4-21-20(10-15)27-22(29)12-32-21/h1-4,9-10,13,16-17H,5-8,11-12H2,(H,27,29). The summed E-state index contributed by atoms with van der Waals surface area (Å²) in [5.41, 5.74) is 1.66. The number of benzene rings is 2. The van der Waals surface area contributed by atoms with Crippen molar-refractivity contribution in [2.24, 2.45) is 11.8 Å². The van der Waals surface area contributed by atoms with Crippen molar-refractivity contribution in [2.75, 3.05) is 25.0 Å². The van der Waals surface area contributed by atoms with Crippen molar-refractivity contribution in [2.45, 2.75) is 25.2 Å². The van der Waals surface area contributed by atoms with Crippen LogP contribution in [0.5, 0.6) is 5.75 Å². The summed E-state index contributed by atoms with van der Waals surface area (Å²) in [5.74, 6) is -1.98. The van der Waals surface area contributed by atoms with Gasteiger partial charge in [0, 0.05) is 30.5 Å². The minimum Gasteiger partial charge on any atom is -0.482 e. The molecule has 0 bridgehead atoms. The molecule has 0 aromatic heterocycles. The number of nitrogens with one attached hydrogen (secondary N) is 1. The number of likely N-dealkylation sites (tertiary alicyclic amines) is 1. The quantitative estimate of drug-likeness (QED) is 0.739. The van der Waals surface area contributed by atoms with Crippen LogP contribution in [0.3, 0.4) is 0 Å². The highest BCUT2D eigenvalue weighted by Crippen LogP contribution is 2.49. The van der Waals surface area contributed by atoms with E-state index in [1.807, 2.05) is 0 Å². The van der Waals surface area contributed by atoms with Gasteiger partial charge in [-0.25, -0.2) is 8.78 Å². The van der Waals surface area contributed by atoms with E-state index in [0.717, 1.165) is 6.07 Å². The molecule has 1 saturated carbocycles. The van der Waals surface area contributed by atoms with Crippen molar-refractivity contribution in [3.05, 3.63) is 59.2 Å². The van der Waals surface area contributed by atoms with Gasteiger partial charge >= 0.3 is 0 Å². The first-order chi connectivity index (χ1) is 15.4. The average Bonchev–Trinajstić information content (AvgIpc) is 3.60. The molecule has 2 aromatic carbocycles. The molecular formula is C24H22F2N2O4. The van der Waals surface area contributed by atoms with E-state index >= 15 is 0 Å². The highest BCUT2D eigenvalue weighted by Gasteiger charge is 2.46. The van der Waals surface area contributed by atoms with E-state index in [2.05, 4.69) is 5.32 Å². The summed E-state index contributed by atoms with van der Waals surface area (Å²) in [6.45, 7) is 0.937. The Hall–Kier alpha value is -3.29. The normalized spacial score (nSPS) is 22.6. The number of ether oxygens (including phenoxy) is 1. The molecule has 0 radical (unpaired) electrons. The summed E-state index contributed by atoms with van der Waals surface area (Å²) in [5, 5.41) is 2.71. The molecule has 5 rings (SSSR count). The third-order valence-corrected chi connectivity index (χ3v) is 6.55. The summed E-state index contributed by atoms with van der Waals surface area (Å²) in [7, 11) is 0. The molecule has 2 aromatic rings. The van der Waals surface area contributed by atoms with Crippen LogP contribution in [0.15, 0.2) is 36.4 Å². The third-order valence-electron chi connectivity index (χ3n) is 6.55. The molecular weight excluding hydrogens is 418 g/mol. The van der Waals surface area contributed by atoms with Crippen molar-refractivity contribution in [1.29, 1.82) is 0 Å². The average molecular weight is 440 g/mol. The molecule has 2 fully saturated rings. The van der Waals surface area contributed by atoms with E-state index in [-0.39, 0.29) is 42.0 Å². The van der Waals surface area contributed by atoms with Gasteiger partial charge in [-0.05, 0) is 61.1 Å². The Morgan fingerprint density at radius 2 is 1.81 bits per heavy atom. The van der Waals surface area contributed by atoms with Crippen molar-refractivity contribution < 1.29 is 27.9 Å². The van der Waals surface area contributed by atoms with Crippen LogP contribution in [0.1, 0.15) is 41.1 Å². The maximum Gasteiger partial charge on any atom is 0.262 e. The van der Waals surface area contributed by atoms with Crippen molar-refractivity contribution in [3.8, 4) is 5.75 Å². The second kappa shape index (κ2) is 8.00. The first kappa shape index (κ1) is 20.6. The van der Waals surface area contributed by atoms with Crippen LogP contribution in [-0.4, -0.2) is 42.2 Å². The highest BCUT2D eigenvalue weighted by molar-refractivity contribution is 6.01. The highest BCUT2D eigenvalue weighted by atomic mass is 19.2.